The molecule has 4 N–H and O–H groups in total. The van der Waals surface area contributed by atoms with E-state index in [1.807, 2.05) is 0 Å². The Labute approximate surface area is 152 Å². The maximum absolute atomic E-state index is 12.9. The molecule has 4 rings (SSSR count). The first-order chi connectivity index (χ1) is 12.9. The minimum absolute atomic E-state index is 0.235. The van der Waals surface area contributed by atoms with E-state index >= 15 is 0 Å². The van der Waals surface area contributed by atoms with Crippen LogP contribution in [0.2, 0.25) is 0 Å². The van der Waals surface area contributed by atoms with E-state index in [1.165, 1.54) is 0 Å². The molecule has 0 bridgehead atoms. The Hall–Kier alpha value is -4.00. The van der Waals surface area contributed by atoms with E-state index in [0.29, 0.717) is 5.75 Å². The second-order valence-electron chi connectivity index (χ2n) is 5.92. The summed E-state index contributed by atoms with van der Waals surface area (Å²) in [6.45, 7) is 0. The molecule has 134 valence electrons. The summed E-state index contributed by atoms with van der Waals surface area (Å²) in [7, 11) is 0. The summed E-state index contributed by atoms with van der Waals surface area (Å²) < 4.78 is 5.50. The van der Waals surface area contributed by atoms with Crippen molar-refractivity contribution in [3.05, 3.63) is 70.8 Å². The quantitative estimate of drug-likeness (QED) is 0.403. The summed E-state index contributed by atoms with van der Waals surface area (Å²) in [5, 5.41) is 40.8. The van der Waals surface area contributed by atoms with Crippen molar-refractivity contribution in [2.45, 2.75) is 0 Å². The summed E-state index contributed by atoms with van der Waals surface area (Å²) in [5.74, 6) is -4.01. The van der Waals surface area contributed by atoms with Crippen molar-refractivity contribution in [1.29, 1.82) is 0 Å². The molecule has 0 saturated carbocycles. The highest BCUT2D eigenvalue weighted by Crippen LogP contribution is 2.47. The third-order valence-corrected chi connectivity index (χ3v) is 4.28. The first-order valence-corrected chi connectivity index (χ1v) is 7.86. The normalized spacial score (nSPS) is 12.4. The molecule has 3 aromatic carbocycles. The van der Waals surface area contributed by atoms with Crippen LogP contribution in [-0.2, 0) is 0 Å². The fraction of sp³-hybridized carbons (Fsp3) is 0. The third kappa shape index (κ3) is 2.36. The Morgan fingerprint density at radius 3 is 1.74 bits per heavy atom. The van der Waals surface area contributed by atoms with Crippen LogP contribution in [-0.4, -0.2) is 32.0 Å². The van der Waals surface area contributed by atoms with E-state index in [-0.39, 0.29) is 5.75 Å². The minimum Gasteiger partial charge on any atom is -0.507 e. The van der Waals surface area contributed by atoms with Crippen LogP contribution in [0.5, 0.6) is 34.5 Å². The fourth-order valence-corrected chi connectivity index (χ4v) is 3.07. The van der Waals surface area contributed by atoms with Crippen molar-refractivity contribution in [1.82, 2.24) is 0 Å². The number of fused-ring (bicyclic) bond motifs is 2. The monoisotopic (exact) mass is 364 g/mol. The van der Waals surface area contributed by atoms with Gasteiger partial charge in [0.05, 0.1) is 22.3 Å². The van der Waals surface area contributed by atoms with Gasteiger partial charge in [-0.25, -0.2) is 0 Å². The number of ether oxygens (including phenoxy) is 1. The lowest BCUT2D eigenvalue weighted by Gasteiger charge is -2.22. The molecule has 27 heavy (non-hydrogen) atoms. The zero-order valence-electron chi connectivity index (χ0n) is 13.6. The third-order valence-electron chi connectivity index (χ3n) is 4.28. The highest BCUT2D eigenvalue weighted by Gasteiger charge is 2.39. The number of phenolic OH excluding ortho intramolecular Hbond substituents is 4. The topological polar surface area (TPSA) is 124 Å². The van der Waals surface area contributed by atoms with Crippen LogP contribution >= 0.6 is 0 Å². The summed E-state index contributed by atoms with van der Waals surface area (Å²) in [4.78, 5) is 25.6. The maximum Gasteiger partial charge on any atom is 0.202 e. The van der Waals surface area contributed by atoms with Gasteiger partial charge in [0.1, 0.15) is 23.0 Å². The van der Waals surface area contributed by atoms with Gasteiger partial charge in [0, 0.05) is 6.07 Å². The number of rotatable bonds is 2. The number of hydrogen-bond acceptors (Lipinski definition) is 7. The molecule has 7 nitrogen and oxygen atoms in total. The lowest BCUT2D eigenvalue weighted by atomic mass is 9.82. The summed E-state index contributed by atoms with van der Waals surface area (Å²) in [6, 6.07) is 11.5. The van der Waals surface area contributed by atoms with Gasteiger partial charge in [0.2, 0.25) is 11.6 Å². The van der Waals surface area contributed by atoms with Crippen LogP contribution in [0.15, 0.2) is 48.5 Å². The lowest BCUT2D eigenvalue weighted by Crippen LogP contribution is -2.21. The van der Waals surface area contributed by atoms with Crippen LogP contribution < -0.4 is 4.74 Å². The number of phenols is 4. The Balaban J connectivity index is 1.94. The van der Waals surface area contributed by atoms with Crippen LogP contribution in [0.1, 0.15) is 31.8 Å². The number of hydrogen-bond donors (Lipinski definition) is 4. The highest BCUT2D eigenvalue weighted by molar-refractivity contribution is 6.32. The van der Waals surface area contributed by atoms with E-state index in [4.69, 9.17) is 4.74 Å². The molecule has 0 aliphatic heterocycles. The first kappa shape index (κ1) is 16.5. The van der Waals surface area contributed by atoms with Crippen molar-refractivity contribution in [2.24, 2.45) is 0 Å². The van der Waals surface area contributed by atoms with Crippen LogP contribution in [0, 0.1) is 0 Å². The average Bonchev–Trinajstić information content (AvgIpc) is 2.65. The molecular weight excluding hydrogens is 352 g/mol. The number of para-hydroxylation sites is 1. The molecule has 0 saturated heterocycles. The lowest BCUT2D eigenvalue weighted by molar-refractivity contribution is 0.0968. The SMILES string of the molecule is O=C1c2c(O)ccc(O)c2C(=O)c2c(O)c(Oc3ccccc3)cc(O)c21. The predicted molar refractivity (Wildman–Crippen MR) is 92.9 cm³/mol. The number of carbonyl (C=O) groups excluding carboxylic acids is 2. The average molecular weight is 364 g/mol. The highest BCUT2D eigenvalue weighted by atomic mass is 16.5. The number of aromatic hydroxyl groups is 4. The second kappa shape index (κ2) is 5.77. The van der Waals surface area contributed by atoms with Gasteiger partial charge in [-0.2, -0.15) is 0 Å². The first-order valence-electron chi connectivity index (χ1n) is 7.86. The van der Waals surface area contributed by atoms with Gasteiger partial charge in [-0.3, -0.25) is 9.59 Å². The molecule has 0 radical (unpaired) electrons. The zero-order valence-corrected chi connectivity index (χ0v) is 13.6. The summed E-state index contributed by atoms with van der Waals surface area (Å²) in [6.07, 6.45) is 0. The molecule has 1 aliphatic carbocycles. The van der Waals surface area contributed by atoms with E-state index in [1.54, 1.807) is 30.3 Å². The number of benzene rings is 3. The molecule has 0 amide bonds. The Bertz CT molecular complexity index is 1120. The second-order valence-corrected chi connectivity index (χ2v) is 5.92. The van der Waals surface area contributed by atoms with Gasteiger partial charge < -0.3 is 25.2 Å². The Kier molecular flexibility index (Phi) is 3.52. The van der Waals surface area contributed by atoms with Gasteiger partial charge in [-0.15, -0.1) is 0 Å². The van der Waals surface area contributed by atoms with Gasteiger partial charge in [0.25, 0.3) is 0 Å². The van der Waals surface area contributed by atoms with E-state index < -0.39 is 56.8 Å². The van der Waals surface area contributed by atoms with Gasteiger partial charge in [-0.1, -0.05) is 18.2 Å². The minimum atomic E-state index is -0.917. The zero-order chi connectivity index (χ0) is 19.3. The molecule has 0 unspecified atom stereocenters. The van der Waals surface area contributed by atoms with E-state index in [2.05, 4.69) is 0 Å². The molecule has 0 atom stereocenters. The summed E-state index contributed by atoms with van der Waals surface area (Å²) >= 11 is 0. The van der Waals surface area contributed by atoms with Crippen molar-refractivity contribution in [2.75, 3.05) is 0 Å². The van der Waals surface area contributed by atoms with Gasteiger partial charge in [-0.05, 0) is 24.3 Å². The molecule has 0 fully saturated rings. The maximum atomic E-state index is 12.9. The predicted octanol–water partition coefficient (Wildman–Crippen LogP) is 3.08. The molecule has 0 spiro atoms. The van der Waals surface area contributed by atoms with E-state index in [9.17, 15) is 30.0 Å². The van der Waals surface area contributed by atoms with Gasteiger partial charge in [0.15, 0.2) is 11.5 Å². The molecule has 3 aromatic rings. The smallest absolute Gasteiger partial charge is 0.202 e. The number of ketones is 2. The number of carbonyl (C=O) groups is 2. The van der Waals surface area contributed by atoms with Crippen LogP contribution in [0.3, 0.4) is 0 Å². The van der Waals surface area contributed by atoms with Gasteiger partial charge >= 0.3 is 0 Å². The van der Waals surface area contributed by atoms with Crippen molar-refractivity contribution in [3.8, 4) is 34.5 Å². The molecule has 0 heterocycles. The molecular formula is C20H12O7. The standard InChI is InChI=1S/C20H12O7/c21-10-6-7-11(22)15-14(10)19(25)16-12(23)8-13(18(24)17(16)20(15)26)27-9-4-2-1-3-5-9/h1-8,21-24H. The van der Waals surface area contributed by atoms with Crippen LogP contribution in [0.25, 0.3) is 0 Å². The molecule has 0 aromatic heterocycles. The molecule has 7 heteroatoms. The summed E-state index contributed by atoms with van der Waals surface area (Å²) in [5.41, 5.74) is -1.84. The van der Waals surface area contributed by atoms with Crippen molar-refractivity contribution in [3.63, 3.8) is 0 Å². The fourth-order valence-electron chi connectivity index (χ4n) is 3.07. The Morgan fingerprint density at radius 2 is 1.15 bits per heavy atom. The van der Waals surface area contributed by atoms with Crippen LogP contribution in [0.4, 0.5) is 0 Å². The molecule has 1 aliphatic rings. The van der Waals surface area contributed by atoms with Crippen molar-refractivity contribution >= 4 is 11.6 Å². The Morgan fingerprint density at radius 1 is 0.630 bits per heavy atom. The largest absolute Gasteiger partial charge is 0.507 e. The van der Waals surface area contributed by atoms with E-state index in [0.717, 1.165) is 18.2 Å². The van der Waals surface area contributed by atoms with Crippen molar-refractivity contribution < 1.29 is 34.8 Å².